The zero-order valence-corrected chi connectivity index (χ0v) is 23.2. The van der Waals surface area contributed by atoms with E-state index in [9.17, 15) is 0 Å². The van der Waals surface area contributed by atoms with Crippen LogP contribution in [0.25, 0.3) is 55.4 Å². The van der Waals surface area contributed by atoms with E-state index in [0.29, 0.717) is 0 Å². The summed E-state index contributed by atoms with van der Waals surface area (Å²) >= 11 is 0. The summed E-state index contributed by atoms with van der Waals surface area (Å²) in [4.78, 5) is 0. The predicted octanol–water partition coefficient (Wildman–Crippen LogP) is 4.06. The molecular weight excluding hydrogens is 534 g/mol. The van der Waals surface area contributed by atoms with Crippen molar-refractivity contribution in [3.63, 3.8) is 0 Å². The maximum absolute atomic E-state index is 8.49. The van der Waals surface area contributed by atoms with Gasteiger partial charge < -0.3 is 0 Å². The van der Waals surface area contributed by atoms with E-state index in [0.717, 1.165) is 6.54 Å². The van der Waals surface area contributed by atoms with Crippen LogP contribution in [0.15, 0.2) is 140 Å². The number of pyridine rings is 1. The van der Waals surface area contributed by atoms with Gasteiger partial charge in [0.05, 0.1) is 10.9 Å². The largest absolute Gasteiger partial charge is 0.222 e. The number of rotatable bonds is 5. The number of benzene rings is 5. The third-order valence-corrected chi connectivity index (χ3v) is 6.93. The topological polar surface area (TPSA) is 96.1 Å². The van der Waals surface area contributed by atoms with Crippen LogP contribution in [0.3, 0.4) is 0 Å². The van der Waals surface area contributed by atoms with Crippen molar-refractivity contribution in [3.05, 3.63) is 140 Å². The molecule has 0 spiro atoms. The zero-order valence-electron chi connectivity index (χ0n) is 22.4. The second-order valence-electron chi connectivity index (χ2n) is 9.46. The first-order chi connectivity index (χ1) is 19.8. The van der Waals surface area contributed by atoms with Gasteiger partial charge in [-0.3, -0.25) is 0 Å². The summed E-state index contributed by atoms with van der Waals surface area (Å²) in [6, 6.07) is 48.0. The Labute approximate surface area is 241 Å². The number of nitrogens with zero attached hydrogens (tertiary/aromatic N) is 1. The van der Waals surface area contributed by atoms with Crippen LogP contribution in [0.4, 0.5) is 0 Å². The predicted molar refractivity (Wildman–Crippen MR) is 152 cm³/mol. The van der Waals surface area contributed by atoms with Gasteiger partial charge in [0.1, 0.15) is 6.54 Å². The molecule has 6 aromatic rings. The summed E-state index contributed by atoms with van der Waals surface area (Å²) < 4.78 is 36.4. The Bertz CT molecular complexity index is 1690. The quantitative estimate of drug-likeness (QED) is 0.297. The van der Waals surface area contributed by atoms with Gasteiger partial charge in [-0.1, -0.05) is 109 Å². The summed E-state index contributed by atoms with van der Waals surface area (Å²) in [6.45, 7) is 3.12. The summed E-state index contributed by atoms with van der Waals surface area (Å²) in [5, 5.41) is 2.52. The molecule has 0 aliphatic carbocycles. The van der Waals surface area contributed by atoms with Gasteiger partial charge in [-0.05, 0) is 63.9 Å². The number of halogens is 1. The Balaban J connectivity index is 0.000000623. The molecular formula is C35H28ClNO4. The highest BCUT2D eigenvalue weighted by molar-refractivity contribution is 6.03. The van der Waals surface area contributed by atoms with Gasteiger partial charge in [-0.15, -0.1) is 10.2 Å². The molecule has 0 unspecified atom stereocenters. The maximum Gasteiger partial charge on any atom is 0.221 e. The lowest BCUT2D eigenvalue weighted by Gasteiger charge is -2.19. The lowest BCUT2D eigenvalue weighted by atomic mass is 9.85. The van der Waals surface area contributed by atoms with Gasteiger partial charge in [-0.25, -0.2) is 18.6 Å². The first-order valence-corrected chi connectivity index (χ1v) is 14.4. The minimum Gasteiger partial charge on any atom is -0.222 e. The Morgan fingerprint density at radius 3 is 1.46 bits per heavy atom. The van der Waals surface area contributed by atoms with Crippen molar-refractivity contribution in [2.24, 2.45) is 0 Å². The molecule has 1 aromatic heterocycles. The minimum absolute atomic E-state index is 0.892. The van der Waals surface area contributed by atoms with Gasteiger partial charge in [0, 0.05) is 6.07 Å². The van der Waals surface area contributed by atoms with Crippen molar-refractivity contribution >= 4 is 10.8 Å². The fraction of sp³-hybridized carbons (Fsp3) is 0.0571. The third-order valence-electron chi connectivity index (χ3n) is 6.93. The van der Waals surface area contributed by atoms with Gasteiger partial charge >= 0.3 is 0 Å². The number of aromatic nitrogens is 1. The second kappa shape index (κ2) is 12.4. The molecule has 0 saturated heterocycles. The number of aryl methyl sites for hydroxylation is 1. The lowest BCUT2D eigenvalue weighted by molar-refractivity contribution is -2.00. The molecule has 0 fully saturated rings. The summed E-state index contributed by atoms with van der Waals surface area (Å²) in [6.07, 6.45) is 2.23. The summed E-state index contributed by atoms with van der Waals surface area (Å²) in [7, 11) is -4.94. The van der Waals surface area contributed by atoms with Crippen LogP contribution in [-0.2, 0) is 6.54 Å². The average Bonchev–Trinajstić information content (AvgIpc) is 3.00. The molecule has 204 valence electrons. The lowest BCUT2D eigenvalue weighted by Crippen LogP contribution is -2.68. The molecule has 0 radical (unpaired) electrons. The van der Waals surface area contributed by atoms with E-state index in [2.05, 4.69) is 151 Å². The van der Waals surface area contributed by atoms with Crippen LogP contribution < -0.4 is 23.2 Å². The molecule has 5 nitrogen and oxygen atoms in total. The molecule has 0 atom stereocenters. The first kappa shape index (κ1) is 28.2. The molecule has 0 aliphatic rings. The van der Waals surface area contributed by atoms with Crippen LogP contribution >= 0.6 is 0 Å². The van der Waals surface area contributed by atoms with Crippen molar-refractivity contribution in [3.8, 4) is 44.6 Å². The fourth-order valence-electron chi connectivity index (χ4n) is 5.18. The molecule has 0 amide bonds. The molecule has 41 heavy (non-hydrogen) atoms. The van der Waals surface area contributed by atoms with Crippen molar-refractivity contribution in [1.29, 1.82) is 0 Å². The van der Waals surface area contributed by atoms with Crippen LogP contribution in [0, 0.1) is 10.2 Å². The third kappa shape index (κ3) is 6.69. The smallest absolute Gasteiger partial charge is 0.221 e. The van der Waals surface area contributed by atoms with E-state index in [1.807, 2.05) is 0 Å². The van der Waals surface area contributed by atoms with Crippen molar-refractivity contribution in [2.45, 2.75) is 13.5 Å². The van der Waals surface area contributed by atoms with Crippen LogP contribution in [0.5, 0.6) is 0 Å². The molecule has 0 saturated carbocycles. The molecule has 0 N–H and O–H groups in total. The second-order valence-corrected chi connectivity index (χ2v) is 10.2. The SMILES string of the molecule is CC[n+]1ccc2ccccc2c1-c1c(-c2ccccc2)cc(-c2ccccc2)cc1-c1ccccc1.[O-][Cl+3]([O-])([O-])[O-]. The molecule has 0 bridgehead atoms. The summed E-state index contributed by atoms with van der Waals surface area (Å²) in [5.41, 5.74) is 9.90. The highest BCUT2D eigenvalue weighted by Crippen LogP contribution is 2.44. The first-order valence-electron chi connectivity index (χ1n) is 13.2. The van der Waals surface area contributed by atoms with Gasteiger partial charge in [0.15, 0.2) is 6.20 Å². The standard InChI is InChI=1S/C35H28N.ClHO4/c1-2-36-23-22-29-20-12-13-21-31(29)35(36)34-32(27-16-8-4-9-17-27)24-30(26-14-6-3-7-15-26)25-33(34)28-18-10-5-11-19-28;2-1(3,4)5/h3-25H,2H2,1H3;(H,2,3,4,5)/q+1;/p-1. The normalized spacial score (nSPS) is 11.1. The van der Waals surface area contributed by atoms with Crippen molar-refractivity contribution < 1.29 is 33.4 Å². The van der Waals surface area contributed by atoms with Crippen molar-refractivity contribution in [2.75, 3.05) is 0 Å². The van der Waals surface area contributed by atoms with Crippen LogP contribution in [0.1, 0.15) is 6.92 Å². The number of fused-ring (bicyclic) bond motifs is 1. The van der Waals surface area contributed by atoms with Gasteiger partial charge in [0.25, 0.3) is 0 Å². The minimum atomic E-state index is -4.94. The molecule has 0 aliphatic heterocycles. The zero-order chi connectivity index (χ0) is 28.8. The van der Waals surface area contributed by atoms with Gasteiger partial charge in [-0.2, -0.15) is 4.57 Å². The Hall–Kier alpha value is -4.36. The van der Waals surface area contributed by atoms with Crippen LogP contribution in [0.2, 0.25) is 0 Å². The van der Waals surface area contributed by atoms with Gasteiger partial charge in [0.2, 0.25) is 5.69 Å². The van der Waals surface area contributed by atoms with E-state index in [1.54, 1.807) is 0 Å². The molecule has 6 heteroatoms. The summed E-state index contributed by atoms with van der Waals surface area (Å²) in [5.74, 6) is 0. The average molecular weight is 562 g/mol. The molecule has 5 aromatic carbocycles. The van der Waals surface area contributed by atoms with E-state index in [1.165, 1.54) is 55.4 Å². The Kier molecular flexibility index (Phi) is 8.55. The van der Waals surface area contributed by atoms with Crippen LogP contribution in [-0.4, -0.2) is 0 Å². The van der Waals surface area contributed by atoms with E-state index < -0.39 is 10.2 Å². The van der Waals surface area contributed by atoms with E-state index >= 15 is 0 Å². The highest BCUT2D eigenvalue weighted by Gasteiger charge is 2.25. The maximum atomic E-state index is 8.49. The highest BCUT2D eigenvalue weighted by atomic mass is 35.7. The van der Waals surface area contributed by atoms with E-state index in [-0.39, 0.29) is 0 Å². The van der Waals surface area contributed by atoms with E-state index in [4.69, 9.17) is 18.6 Å². The molecule has 1 heterocycles. The Morgan fingerprint density at radius 1 is 0.537 bits per heavy atom. The Morgan fingerprint density at radius 2 is 0.976 bits per heavy atom. The number of hydrogen-bond donors (Lipinski definition) is 0. The van der Waals surface area contributed by atoms with Crippen molar-refractivity contribution in [1.82, 2.24) is 0 Å². The monoisotopic (exact) mass is 561 g/mol. The molecule has 6 rings (SSSR count). The number of hydrogen-bond acceptors (Lipinski definition) is 4. The fourth-order valence-corrected chi connectivity index (χ4v) is 5.18.